The van der Waals surface area contributed by atoms with Crippen molar-refractivity contribution in [1.29, 1.82) is 0 Å². The first-order valence-electron chi connectivity index (χ1n) is 10.6. The van der Waals surface area contributed by atoms with Crippen LogP contribution >= 0.6 is 24.0 Å². The molecule has 9 heteroatoms. The molecule has 6 rings (SSSR count). The molecule has 2 aromatic heterocycles. The maximum Gasteiger partial charge on any atom is 0.254 e. The quantitative estimate of drug-likeness (QED) is 0.532. The Morgan fingerprint density at radius 1 is 1.03 bits per heavy atom. The van der Waals surface area contributed by atoms with Gasteiger partial charge in [-0.2, -0.15) is 0 Å². The summed E-state index contributed by atoms with van der Waals surface area (Å²) in [4.78, 5) is 33.9. The van der Waals surface area contributed by atoms with E-state index in [2.05, 4.69) is 0 Å². The second kappa shape index (κ2) is 7.06. The minimum Gasteiger partial charge on any atom is -0.469 e. The third-order valence-corrected chi connectivity index (χ3v) is 9.08. The molecule has 2 saturated heterocycles. The number of para-hydroxylation sites is 1. The van der Waals surface area contributed by atoms with Crippen molar-refractivity contribution in [2.75, 3.05) is 25.5 Å². The van der Waals surface area contributed by atoms with E-state index in [1.807, 2.05) is 54.4 Å². The largest absolute Gasteiger partial charge is 0.469 e. The molecule has 2 spiro atoms. The molecule has 3 atom stereocenters. The van der Waals surface area contributed by atoms with Crippen molar-refractivity contribution in [3.8, 4) is 0 Å². The lowest BCUT2D eigenvalue weighted by Crippen LogP contribution is -2.62. The number of furan rings is 2. The van der Waals surface area contributed by atoms with Crippen LogP contribution in [0.1, 0.15) is 23.0 Å². The number of fused-ring (bicyclic) bond motifs is 3. The minimum atomic E-state index is -1.22. The normalized spacial score (nSPS) is 29.3. The number of hydrogen-bond acceptors (Lipinski definition) is 7. The highest BCUT2D eigenvalue weighted by molar-refractivity contribution is 8.25. The summed E-state index contributed by atoms with van der Waals surface area (Å²) >= 11 is 7.06. The molecule has 168 valence electrons. The van der Waals surface area contributed by atoms with Crippen molar-refractivity contribution in [2.24, 2.45) is 0 Å². The van der Waals surface area contributed by atoms with Crippen molar-refractivity contribution < 1.29 is 18.4 Å². The zero-order valence-electron chi connectivity index (χ0n) is 18.1. The Labute approximate surface area is 200 Å². The summed E-state index contributed by atoms with van der Waals surface area (Å²) in [6.45, 7) is 0.688. The second-order valence-corrected chi connectivity index (χ2v) is 10.5. The van der Waals surface area contributed by atoms with Crippen LogP contribution in [0.15, 0.2) is 69.9 Å². The van der Waals surface area contributed by atoms with Crippen molar-refractivity contribution in [2.45, 2.75) is 22.7 Å². The molecule has 3 aliphatic heterocycles. The fraction of sp³-hybridized carbons (Fsp3) is 0.292. The standard InChI is InChI=1S/C24H21N3O4S2/c1-25-14-17(19-10-6-12-31-19)24(21(29)27(22(32)33-24)13-15-7-5-11-30-15)23(25)16-8-3-4-9-18(16)26(2)20(23)28/h3-12,17H,13-14H2,1-2H3. The van der Waals surface area contributed by atoms with E-state index in [1.54, 1.807) is 35.4 Å². The van der Waals surface area contributed by atoms with Crippen LogP contribution in [0.5, 0.6) is 0 Å². The average Bonchev–Trinajstić information content (AvgIpc) is 3.62. The Morgan fingerprint density at radius 2 is 1.79 bits per heavy atom. The number of amides is 2. The third kappa shape index (κ3) is 2.42. The van der Waals surface area contributed by atoms with Gasteiger partial charge in [-0.05, 0) is 37.4 Å². The number of thioether (sulfide) groups is 1. The molecule has 3 aliphatic rings. The summed E-state index contributed by atoms with van der Waals surface area (Å²) in [5.74, 6) is 0.593. The van der Waals surface area contributed by atoms with Crippen molar-refractivity contribution >= 4 is 45.8 Å². The first-order chi connectivity index (χ1) is 15.9. The Bertz CT molecular complexity index is 1270. The number of carbonyl (C=O) groups excluding carboxylic acids is 2. The van der Waals surface area contributed by atoms with Gasteiger partial charge in [-0.1, -0.05) is 42.2 Å². The molecule has 3 unspecified atom stereocenters. The number of carbonyl (C=O) groups is 2. The van der Waals surface area contributed by atoms with E-state index in [1.165, 1.54) is 11.8 Å². The molecule has 7 nitrogen and oxygen atoms in total. The number of hydrogen-bond donors (Lipinski definition) is 0. The van der Waals surface area contributed by atoms with Gasteiger partial charge in [0.25, 0.3) is 5.91 Å². The summed E-state index contributed by atoms with van der Waals surface area (Å²) in [7, 11) is 3.67. The number of nitrogens with zero attached hydrogens (tertiary/aromatic N) is 3. The molecule has 5 heterocycles. The van der Waals surface area contributed by atoms with Crippen molar-refractivity contribution in [3.05, 3.63) is 78.1 Å². The summed E-state index contributed by atoms with van der Waals surface area (Å²) < 4.78 is 10.6. The van der Waals surface area contributed by atoms with E-state index < -0.39 is 10.3 Å². The highest BCUT2D eigenvalue weighted by Crippen LogP contribution is 2.66. The smallest absolute Gasteiger partial charge is 0.254 e. The number of likely N-dealkylation sites (N-methyl/N-ethyl adjacent to an activating group) is 2. The second-order valence-electron chi connectivity index (χ2n) is 8.61. The number of rotatable bonds is 3. The van der Waals surface area contributed by atoms with Gasteiger partial charge in [-0.25, -0.2) is 0 Å². The Morgan fingerprint density at radius 3 is 2.52 bits per heavy atom. The van der Waals surface area contributed by atoms with Crippen LogP contribution in [-0.4, -0.2) is 51.3 Å². The molecular weight excluding hydrogens is 458 g/mol. The fourth-order valence-corrected chi connectivity index (χ4v) is 7.89. The van der Waals surface area contributed by atoms with Crippen LogP contribution in [0.3, 0.4) is 0 Å². The molecule has 0 bridgehead atoms. The van der Waals surface area contributed by atoms with Crippen LogP contribution in [0.2, 0.25) is 0 Å². The van der Waals surface area contributed by atoms with Gasteiger partial charge in [-0.15, -0.1) is 0 Å². The summed E-state index contributed by atoms with van der Waals surface area (Å²) in [6, 6.07) is 15.0. The van der Waals surface area contributed by atoms with Crippen molar-refractivity contribution in [1.82, 2.24) is 9.80 Å². The fourth-order valence-electron chi connectivity index (χ4n) is 5.79. The molecule has 0 saturated carbocycles. The zero-order chi connectivity index (χ0) is 23.0. The highest BCUT2D eigenvalue weighted by atomic mass is 32.2. The zero-order valence-corrected chi connectivity index (χ0v) is 19.7. The van der Waals surface area contributed by atoms with E-state index in [0.717, 1.165) is 11.3 Å². The van der Waals surface area contributed by atoms with Gasteiger partial charge in [0, 0.05) is 24.8 Å². The Hall–Kier alpha value is -2.88. The Kier molecular flexibility index (Phi) is 4.43. The topological polar surface area (TPSA) is 70.1 Å². The molecule has 33 heavy (non-hydrogen) atoms. The number of thiocarbonyl (C=S) groups is 1. The lowest BCUT2D eigenvalue weighted by atomic mass is 9.73. The average molecular weight is 480 g/mol. The lowest BCUT2D eigenvalue weighted by molar-refractivity contribution is -0.139. The number of anilines is 1. The SMILES string of the molecule is CN1C(=O)C2(c3ccccc31)N(C)CC(c1ccco1)C21SC(=S)N(Cc2ccco2)C1=O. The van der Waals surface area contributed by atoms with E-state index in [-0.39, 0.29) is 24.3 Å². The first kappa shape index (κ1) is 20.7. The molecule has 2 fully saturated rings. The Balaban J connectivity index is 1.60. The minimum absolute atomic E-state index is 0.135. The van der Waals surface area contributed by atoms with Gasteiger partial charge in [0.1, 0.15) is 20.6 Å². The summed E-state index contributed by atoms with van der Waals surface area (Å²) in [5.41, 5.74) is 0.398. The van der Waals surface area contributed by atoms with Crippen LogP contribution in [0, 0.1) is 0 Å². The van der Waals surface area contributed by atoms with Crippen LogP contribution in [0.25, 0.3) is 0 Å². The van der Waals surface area contributed by atoms with Crippen LogP contribution < -0.4 is 4.90 Å². The predicted octanol–water partition coefficient (Wildman–Crippen LogP) is 3.57. The van der Waals surface area contributed by atoms with E-state index >= 15 is 0 Å². The van der Waals surface area contributed by atoms with Crippen LogP contribution in [0.4, 0.5) is 5.69 Å². The first-order valence-corrected chi connectivity index (χ1v) is 11.8. The van der Waals surface area contributed by atoms with Gasteiger partial charge in [0.2, 0.25) is 5.91 Å². The molecule has 3 aromatic rings. The lowest BCUT2D eigenvalue weighted by Gasteiger charge is -2.41. The van der Waals surface area contributed by atoms with E-state index in [0.29, 0.717) is 22.4 Å². The van der Waals surface area contributed by atoms with Gasteiger partial charge < -0.3 is 13.7 Å². The maximum absolute atomic E-state index is 14.5. The molecular formula is C24H21N3O4S2. The highest BCUT2D eigenvalue weighted by Gasteiger charge is 2.79. The monoisotopic (exact) mass is 479 g/mol. The molecule has 0 radical (unpaired) electrons. The predicted molar refractivity (Wildman–Crippen MR) is 128 cm³/mol. The molecule has 0 N–H and O–H groups in total. The van der Waals surface area contributed by atoms with Gasteiger partial charge in [-0.3, -0.25) is 19.4 Å². The summed E-state index contributed by atoms with van der Waals surface area (Å²) in [5, 5.41) is 0. The number of benzene rings is 1. The molecule has 1 aromatic carbocycles. The molecule has 0 aliphatic carbocycles. The number of likely N-dealkylation sites (tertiary alicyclic amines) is 1. The summed E-state index contributed by atoms with van der Waals surface area (Å²) in [6.07, 6.45) is 3.18. The maximum atomic E-state index is 14.5. The van der Waals surface area contributed by atoms with E-state index in [9.17, 15) is 9.59 Å². The van der Waals surface area contributed by atoms with Gasteiger partial charge in [0.05, 0.1) is 25.0 Å². The van der Waals surface area contributed by atoms with Gasteiger partial charge >= 0.3 is 0 Å². The van der Waals surface area contributed by atoms with Crippen LogP contribution in [-0.2, 0) is 21.7 Å². The van der Waals surface area contributed by atoms with Gasteiger partial charge in [0.15, 0.2) is 5.54 Å². The third-order valence-electron chi connectivity index (χ3n) is 7.14. The van der Waals surface area contributed by atoms with E-state index in [4.69, 9.17) is 21.1 Å². The molecule has 2 amide bonds. The van der Waals surface area contributed by atoms with Crippen molar-refractivity contribution in [3.63, 3.8) is 0 Å².